The van der Waals surface area contributed by atoms with Crippen molar-refractivity contribution < 1.29 is 14.3 Å². The summed E-state index contributed by atoms with van der Waals surface area (Å²) in [5, 5.41) is 10.1. The quantitative estimate of drug-likeness (QED) is 0.793. The Morgan fingerprint density at radius 1 is 1.31 bits per heavy atom. The fourth-order valence-corrected chi connectivity index (χ4v) is 2.96. The fraction of sp³-hybridized carbons (Fsp3) is 0.421. The molecule has 0 saturated carbocycles. The van der Waals surface area contributed by atoms with Crippen molar-refractivity contribution in [2.24, 2.45) is 7.05 Å². The Morgan fingerprint density at radius 2 is 2.04 bits per heavy atom. The molecule has 0 bridgehead atoms. The van der Waals surface area contributed by atoms with Gasteiger partial charge in [-0.05, 0) is 39.0 Å². The van der Waals surface area contributed by atoms with Gasteiger partial charge in [0, 0.05) is 36.8 Å². The van der Waals surface area contributed by atoms with Crippen LogP contribution in [0.3, 0.4) is 0 Å². The zero-order valence-electron chi connectivity index (χ0n) is 15.9. The summed E-state index contributed by atoms with van der Waals surface area (Å²) in [7, 11) is 3.43. The van der Waals surface area contributed by atoms with E-state index in [0.717, 1.165) is 17.0 Å². The first kappa shape index (κ1) is 19.5. The molecule has 2 N–H and O–H groups in total. The molecule has 2 rings (SSSR count). The summed E-state index contributed by atoms with van der Waals surface area (Å²) in [5.41, 5.74) is 3.46. The number of ether oxygens (including phenoxy) is 1. The second-order valence-electron chi connectivity index (χ2n) is 6.24. The Hall–Kier alpha value is -2.83. The molecule has 1 heterocycles. The molecule has 0 aliphatic heterocycles. The van der Waals surface area contributed by atoms with E-state index in [-0.39, 0.29) is 30.8 Å². The van der Waals surface area contributed by atoms with E-state index in [1.54, 1.807) is 31.4 Å². The van der Waals surface area contributed by atoms with Crippen LogP contribution in [-0.2, 0) is 11.8 Å². The van der Waals surface area contributed by atoms with Gasteiger partial charge in [-0.25, -0.2) is 0 Å². The minimum Gasteiger partial charge on any atom is -0.497 e. The first-order valence-electron chi connectivity index (χ1n) is 8.55. The van der Waals surface area contributed by atoms with Crippen molar-refractivity contribution in [3.8, 4) is 5.75 Å². The highest BCUT2D eigenvalue weighted by molar-refractivity contribution is 5.94. The van der Waals surface area contributed by atoms with E-state index >= 15 is 0 Å². The highest BCUT2D eigenvalue weighted by Crippen LogP contribution is 2.20. The fourth-order valence-electron chi connectivity index (χ4n) is 2.96. The van der Waals surface area contributed by atoms with Crippen LogP contribution < -0.4 is 15.4 Å². The summed E-state index contributed by atoms with van der Waals surface area (Å²) in [6, 6.07) is 6.75. The number of nitrogens with one attached hydrogen (secondary N) is 2. The highest BCUT2D eigenvalue weighted by Gasteiger charge is 2.18. The van der Waals surface area contributed by atoms with E-state index < -0.39 is 0 Å². The molecule has 1 aromatic heterocycles. The topological polar surface area (TPSA) is 85.2 Å². The van der Waals surface area contributed by atoms with E-state index in [9.17, 15) is 9.59 Å². The van der Waals surface area contributed by atoms with Gasteiger partial charge in [0.2, 0.25) is 5.91 Å². The molecule has 2 amide bonds. The second-order valence-corrected chi connectivity index (χ2v) is 6.24. The largest absolute Gasteiger partial charge is 0.497 e. The predicted octanol–water partition coefficient (Wildman–Crippen LogP) is 2.04. The van der Waals surface area contributed by atoms with Crippen LogP contribution in [0.4, 0.5) is 0 Å². The van der Waals surface area contributed by atoms with Gasteiger partial charge >= 0.3 is 0 Å². The second kappa shape index (κ2) is 8.51. The molecule has 2 aromatic rings. The number of hydrogen-bond donors (Lipinski definition) is 2. The molecule has 1 aromatic carbocycles. The van der Waals surface area contributed by atoms with Gasteiger partial charge in [0.05, 0.1) is 18.8 Å². The lowest BCUT2D eigenvalue weighted by Crippen LogP contribution is -2.32. The van der Waals surface area contributed by atoms with Crippen LogP contribution in [-0.4, -0.2) is 35.2 Å². The van der Waals surface area contributed by atoms with Crippen molar-refractivity contribution in [1.82, 2.24) is 20.4 Å². The number of amides is 2. The van der Waals surface area contributed by atoms with Gasteiger partial charge in [0.25, 0.3) is 5.91 Å². The molecule has 0 aliphatic rings. The van der Waals surface area contributed by atoms with Gasteiger partial charge in [-0.1, -0.05) is 6.07 Å². The third kappa shape index (κ3) is 4.62. The van der Waals surface area contributed by atoms with E-state index in [2.05, 4.69) is 15.7 Å². The smallest absolute Gasteiger partial charge is 0.251 e. The SMILES string of the molecule is COc1cccc(C(=O)NCCC(=O)N[C@@H](C)c2c(C)nn(C)c2C)c1. The van der Waals surface area contributed by atoms with Crippen LogP contribution in [0, 0.1) is 13.8 Å². The molecule has 7 heteroatoms. The first-order chi connectivity index (χ1) is 12.3. The van der Waals surface area contributed by atoms with Gasteiger partial charge in [-0.3, -0.25) is 14.3 Å². The number of aryl methyl sites for hydroxylation is 2. The van der Waals surface area contributed by atoms with E-state index in [0.29, 0.717) is 11.3 Å². The number of nitrogens with zero attached hydrogens (tertiary/aromatic N) is 2. The van der Waals surface area contributed by atoms with Gasteiger partial charge in [-0.15, -0.1) is 0 Å². The summed E-state index contributed by atoms with van der Waals surface area (Å²) < 4.78 is 6.91. The Labute approximate surface area is 153 Å². The molecule has 0 radical (unpaired) electrons. The lowest BCUT2D eigenvalue weighted by atomic mass is 10.1. The lowest BCUT2D eigenvalue weighted by Gasteiger charge is -2.15. The summed E-state index contributed by atoms with van der Waals surface area (Å²) in [5.74, 6) is 0.265. The van der Waals surface area contributed by atoms with Crippen molar-refractivity contribution in [3.05, 3.63) is 46.8 Å². The van der Waals surface area contributed by atoms with Gasteiger partial charge in [-0.2, -0.15) is 5.10 Å². The molecule has 0 saturated heterocycles. The summed E-state index contributed by atoms with van der Waals surface area (Å²) in [4.78, 5) is 24.3. The normalized spacial score (nSPS) is 11.7. The van der Waals surface area contributed by atoms with E-state index in [4.69, 9.17) is 4.74 Å². The maximum Gasteiger partial charge on any atom is 0.251 e. The van der Waals surface area contributed by atoms with Gasteiger partial charge in [0.1, 0.15) is 5.75 Å². The molecular weight excluding hydrogens is 332 g/mol. The van der Waals surface area contributed by atoms with E-state index in [1.165, 1.54) is 0 Å². The minimum absolute atomic E-state index is 0.119. The van der Waals surface area contributed by atoms with Crippen LogP contribution in [0.5, 0.6) is 5.75 Å². The summed E-state index contributed by atoms with van der Waals surface area (Å²) in [6.45, 7) is 6.11. The van der Waals surface area contributed by atoms with Crippen molar-refractivity contribution in [2.75, 3.05) is 13.7 Å². The van der Waals surface area contributed by atoms with Gasteiger partial charge in [0.15, 0.2) is 0 Å². The molecular formula is C19H26N4O3. The van der Waals surface area contributed by atoms with Crippen LogP contribution >= 0.6 is 0 Å². The van der Waals surface area contributed by atoms with Gasteiger partial charge < -0.3 is 15.4 Å². The van der Waals surface area contributed by atoms with E-state index in [1.807, 2.05) is 32.5 Å². The van der Waals surface area contributed by atoms with Crippen molar-refractivity contribution >= 4 is 11.8 Å². The highest BCUT2D eigenvalue weighted by atomic mass is 16.5. The third-order valence-corrected chi connectivity index (χ3v) is 4.35. The Kier molecular flexibility index (Phi) is 6.38. The zero-order chi connectivity index (χ0) is 19.3. The first-order valence-corrected chi connectivity index (χ1v) is 8.55. The average molecular weight is 358 g/mol. The lowest BCUT2D eigenvalue weighted by molar-refractivity contribution is -0.121. The van der Waals surface area contributed by atoms with Crippen LogP contribution in [0.2, 0.25) is 0 Å². The minimum atomic E-state index is -0.233. The molecule has 0 fully saturated rings. The van der Waals surface area contributed by atoms with Crippen molar-refractivity contribution in [1.29, 1.82) is 0 Å². The third-order valence-electron chi connectivity index (χ3n) is 4.35. The summed E-state index contributed by atoms with van der Waals surface area (Å²) >= 11 is 0. The molecule has 0 spiro atoms. The Bertz CT molecular complexity index is 798. The number of methoxy groups -OCH3 is 1. The number of carbonyl (C=O) groups is 2. The maximum absolute atomic E-state index is 12.2. The van der Waals surface area contributed by atoms with Crippen LogP contribution in [0.25, 0.3) is 0 Å². The molecule has 140 valence electrons. The predicted molar refractivity (Wildman–Crippen MR) is 99.2 cm³/mol. The number of aromatic nitrogens is 2. The number of hydrogen-bond acceptors (Lipinski definition) is 4. The van der Waals surface area contributed by atoms with Crippen LogP contribution in [0.15, 0.2) is 24.3 Å². The molecule has 26 heavy (non-hydrogen) atoms. The number of benzene rings is 1. The average Bonchev–Trinajstić information content (AvgIpc) is 2.86. The standard InChI is InChI=1S/C19H26N4O3/c1-12(18-13(2)22-23(4)14(18)3)21-17(24)9-10-20-19(25)15-7-6-8-16(11-15)26-5/h6-8,11-12H,9-10H2,1-5H3,(H,20,25)(H,21,24)/t12-/m0/s1. The molecule has 0 unspecified atom stereocenters. The van der Waals surface area contributed by atoms with Crippen molar-refractivity contribution in [3.63, 3.8) is 0 Å². The Morgan fingerprint density at radius 3 is 2.65 bits per heavy atom. The summed E-state index contributed by atoms with van der Waals surface area (Å²) in [6.07, 6.45) is 0.207. The Balaban J connectivity index is 1.84. The number of rotatable bonds is 7. The zero-order valence-corrected chi connectivity index (χ0v) is 15.9. The number of carbonyl (C=O) groups excluding carboxylic acids is 2. The molecule has 1 atom stereocenters. The van der Waals surface area contributed by atoms with Crippen LogP contribution in [0.1, 0.15) is 46.7 Å². The molecule has 0 aliphatic carbocycles. The monoisotopic (exact) mass is 358 g/mol. The maximum atomic E-state index is 12.2. The molecule has 7 nitrogen and oxygen atoms in total. The van der Waals surface area contributed by atoms with Crippen molar-refractivity contribution in [2.45, 2.75) is 33.2 Å².